The number of carbonyl (C=O) groups is 1. The van der Waals surface area contributed by atoms with Gasteiger partial charge in [-0.05, 0) is 23.8 Å². The summed E-state index contributed by atoms with van der Waals surface area (Å²) in [5.74, 6) is 0.538. The zero-order valence-corrected chi connectivity index (χ0v) is 12.4. The molecule has 0 aliphatic carbocycles. The van der Waals surface area contributed by atoms with Gasteiger partial charge in [0, 0.05) is 10.9 Å². The summed E-state index contributed by atoms with van der Waals surface area (Å²) < 4.78 is 6.30. The lowest BCUT2D eigenvalue weighted by molar-refractivity contribution is -0.120. The third kappa shape index (κ3) is 4.37. The summed E-state index contributed by atoms with van der Waals surface area (Å²) >= 11 is 9.32. The monoisotopic (exact) mass is 338 g/mol. The van der Waals surface area contributed by atoms with Gasteiger partial charge in [0.05, 0.1) is 5.02 Å². The lowest BCUT2D eigenvalue weighted by atomic mass is 10.1. The smallest absolute Gasteiger partial charge is 0.174 e. The van der Waals surface area contributed by atoms with E-state index in [1.165, 1.54) is 0 Å². The van der Waals surface area contributed by atoms with Crippen LogP contribution in [0, 0.1) is 0 Å². The van der Waals surface area contributed by atoms with Crippen molar-refractivity contribution in [3.8, 4) is 5.75 Å². The van der Waals surface area contributed by atoms with E-state index in [1.807, 2.05) is 36.4 Å². The van der Waals surface area contributed by atoms with Gasteiger partial charge in [-0.15, -0.1) is 0 Å². The molecule has 0 amide bonds. The summed E-state index contributed by atoms with van der Waals surface area (Å²) in [5.41, 5.74) is 0.984. The molecule has 0 bridgehead atoms. The Morgan fingerprint density at radius 1 is 1.16 bits per heavy atom. The van der Waals surface area contributed by atoms with Gasteiger partial charge in [-0.1, -0.05) is 57.9 Å². The molecule has 2 aromatic carbocycles. The SMILES string of the molecule is O=C(COc1ccc(Br)cc1Cl)Cc1ccccc1. The number of benzene rings is 2. The van der Waals surface area contributed by atoms with Gasteiger partial charge in [-0.2, -0.15) is 0 Å². The number of hydrogen-bond acceptors (Lipinski definition) is 2. The third-order valence-electron chi connectivity index (χ3n) is 2.53. The van der Waals surface area contributed by atoms with E-state index in [-0.39, 0.29) is 12.4 Å². The maximum atomic E-state index is 11.8. The molecule has 98 valence electrons. The van der Waals surface area contributed by atoms with Crippen molar-refractivity contribution in [1.82, 2.24) is 0 Å². The molecular formula is C15H12BrClO2. The zero-order chi connectivity index (χ0) is 13.7. The standard InChI is InChI=1S/C15H12BrClO2/c16-12-6-7-15(14(17)9-12)19-10-13(18)8-11-4-2-1-3-5-11/h1-7,9H,8,10H2. The highest BCUT2D eigenvalue weighted by Crippen LogP contribution is 2.27. The van der Waals surface area contributed by atoms with Crippen LogP contribution in [0.2, 0.25) is 5.02 Å². The number of ketones is 1. The maximum Gasteiger partial charge on any atom is 0.174 e. The Morgan fingerprint density at radius 2 is 1.89 bits per heavy atom. The van der Waals surface area contributed by atoms with Crippen LogP contribution >= 0.6 is 27.5 Å². The highest BCUT2D eigenvalue weighted by atomic mass is 79.9. The second-order valence-corrected chi connectivity index (χ2v) is 5.39. The summed E-state index contributed by atoms with van der Waals surface area (Å²) in [4.78, 5) is 11.8. The number of rotatable bonds is 5. The van der Waals surface area contributed by atoms with Gasteiger partial charge >= 0.3 is 0 Å². The number of carbonyl (C=O) groups excluding carboxylic acids is 1. The highest BCUT2D eigenvalue weighted by molar-refractivity contribution is 9.10. The molecule has 0 heterocycles. The normalized spacial score (nSPS) is 10.2. The molecule has 2 aromatic rings. The molecule has 0 unspecified atom stereocenters. The largest absolute Gasteiger partial charge is 0.484 e. The predicted octanol–water partition coefficient (Wildman–Crippen LogP) is 4.29. The second kappa shape index (κ2) is 6.73. The minimum absolute atomic E-state index is 0.0187. The van der Waals surface area contributed by atoms with E-state index in [0.29, 0.717) is 17.2 Å². The van der Waals surface area contributed by atoms with Gasteiger partial charge in [0.2, 0.25) is 0 Å². The zero-order valence-electron chi connectivity index (χ0n) is 10.1. The van der Waals surface area contributed by atoms with Crippen LogP contribution in [0.15, 0.2) is 53.0 Å². The molecule has 2 nitrogen and oxygen atoms in total. The average molecular weight is 340 g/mol. The van der Waals surface area contributed by atoms with Gasteiger partial charge in [0.25, 0.3) is 0 Å². The molecule has 19 heavy (non-hydrogen) atoms. The van der Waals surface area contributed by atoms with Gasteiger partial charge in [0.15, 0.2) is 5.78 Å². The Bertz CT molecular complexity index is 570. The summed E-state index contributed by atoms with van der Waals surface area (Å²) in [5, 5.41) is 0.488. The maximum absolute atomic E-state index is 11.8. The fourth-order valence-corrected chi connectivity index (χ4v) is 2.35. The van der Waals surface area contributed by atoms with Crippen LogP contribution in [-0.4, -0.2) is 12.4 Å². The van der Waals surface area contributed by atoms with Crippen molar-refractivity contribution in [3.05, 3.63) is 63.6 Å². The topological polar surface area (TPSA) is 26.3 Å². The highest BCUT2D eigenvalue weighted by Gasteiger charge is 2.07. The molecule has 0 spiro atoms. The summed E-state index contributed by atoms with van der Waals surface area (Å²) in [6.45, 7) is 0.0241. The van der Waals surface area contributed by atoms with E-state index in [0.717, 1.165) is 10.0 Å². The van der Waals surface area contributed by atoms with Crippen LogP contribution in [0.5, 0.6) is 5.75 Å². The summed E-state index contributed by atoms with van der Waals surface area (Å²) in [6.07, 6.45) is 0.370. The Labute approximate surface area is 125 Å². The fourth-order valence-electron chi connectivity index (χ4n) is 1.63. The van der Waals surface area contributed by atoms with Crippen molar-refractivity contribution in [1.29, 1.82) is 0 Å². The molecule has 0 fully saturated rings. The van der Waals surface area contributed by atoms with E-state index >= 15 is 0 Å². The van der Waals surface area contributed by atoms with Gasteiger partial charge < -0.3 is 4.74 Å². The van der Waals surface area contributed by atoms with E-state index in [9.17, 15) is 4.79 Å². The number of halogens is 2. The fraction of sp³-hybridized carbons (Fsp3) is 0.133. The first-order chi connectivity index (χ1) is 9.15. The third-order valence-corrected chi connectivity index (χ3v) is 3.32. The first-order valence-electron chi connectivity index (χ1n) is 5.78. The first kappa shape index (κ1) is 14.1. The van der Waals surface area contributed by atoms with Crippen molar-refractivity contribution in [2.45, 2.75) is 6.42 Å². The number of hydrogen-bond donors (Lipinski definition) is 0. The predicted molar refractivity (Wildman–Crippen MR) is 79.8 cm³/mol. The molecule has 4 heteroatoms. The van der Waals surface area contributed by atoms with Crippen LogP contribution < -0.4 is 4.74 Å². The molecule has 0 aliphatic heterocycles. The van der Waals surface area contributed by atoms with E-state index in [1.54, 1.807) is 12.1 Å². The van der Waals surface area contributed by atoms with Crippen LogP contribution in [-0.2, 0) is 11.2 Å². The number of ether oxygens (including phenoxy) is 1. The molecule has 0 aliphatic rings. The quantitative estimate of drug-likeness (QED) is 0.812. The van der Waals surface area contributed by atoms with Crippen molar-refractivity contribution in [2.75, 3.05) is 6.61 Å². The molecule has 0 N–H and O–H groups in total. The van der Waals surface area contributed by atoms with E-state index in [4.69, 9.17) is 16.3 Å². The lowest BCUT2D eigenvalue weighted by Gasteiger charge is -2.07. The molecule has 2 rings (SSSR count). The van der Waals surface area contributed by atoms with Crippen LogP contribution in [0.25, 0.3) is 0 Å². The van der Waals surface area contributed by atoms with Crippen LogP contribution in [0.3, 0.4) is 0 Å². The van der Waals surface area contributed by atoms with E-state index < -0.39 is 0 Å². The summed E-state index contributed by atoms with van der Waals surface area (Å²) in [7, 11) is 0. The first-order valence-corrected chi connectivity index (χ1v) is 6.96. The Hall–Kier alpha value is -1.32. The van der Waals surface area contributed by atoms with Crippen LogP contribution in [0.1, 0.15) is 5.56 Å². The second-order valence-electron chi connectivity index (χ2n) is 4.06. The Kier molecular flexibility index (Phi) is 5.00. The van der Waals surface area contributed by atoms with Crippen molar-refractivity contribution in [2.24, 2.45) is 0 Å². The van der Waals surface area contributed by atoms with Crippen molar-refractivity contribution < 1.29 is 9.53 Å². The Balaban J connectivity index is 1.90. The molecule has 0 saturated carbocycles. The van der Waals surface area contributed by atoms with Gasteiger partial charge in [-0.3, -0.25) is 4.79 Å². The number of Topliss-reactive ketones (excluding diaryl/α,β-unsaturated/α-hetero) is 1. The van der Waals surface area contributed by atoms with Crippen molar-refractivity contribution >= 4 is 33.3 Å². The average Bonchev–Trinajstić information content (AvgIpc) is 2.39. The van der Waals surface area contributed by atoms with Crippen LogP contribution in [0.4, 0.5) is 0 Å². The Morgan fingerprint density at radius 3 is 2.58 bits per heavy atom. The minimum Gasteiger partial charge on any atom is -0.484 e. The lowest BCUT2D eigenvalue weighted by Crippen LogP contribution is -2.13. The molecule has 0 saturated heterocycles. The molecular weight excluding hydrogens is 328 g/mol. The molecule has 0 radical (unpaired) electrons. The summed E-state index contributed by atoms with van der Waals surface area (Å²) in [6, 6.07) is 14.9. The van der Waals surface area contributed by atoms with Gasteiger partial charge in [-0.25, -0.2) is 0 Å². The molecule has 0 atom stereocenters. The van der Waals surface area contributed by atoms with Gasteiger partial charge in [0.1, 0.15) is 12.4 Å². The van der Waals surface area contributed by atoms with Crippen molar-refractivity contribution in [3.63, 3.8) is 0 Å². The van der Waals surface area contributed by atoms with E-state index in [2.05, 4.69) is 15.9 Å². The molecule has 0 aromatic heterocycles. The minimum atomic E-state index is 0.0187.